The van der Waals surface area contributed by atoms with Crippen LogP contribution in [0.1, 0.15) is 39.5 Å². The molecule has 0 amide bonds. The number of rotatable bonds is 6. The van der Waals surface area contributed by atoms with Gasteiger partial charge in [-0.3, -0.25) is 0 Å². The maximum atomic E-state index is 3.60. The van der Waals surface area contributed by atoms with Crippen molar-refractivity contribution in [2.45, 2.75) is 39.5 Å². The van der Waals surface area contributed by atoms with Gasteiger partial charge in [-0.05, 0) is 37.4 Å². The van der Waals surface area contributed by atoms with Gasteiger partial charge in [0, 0.05) is 31.2 Å². The molecule has 2 rings (SSSR count). The molecule has 1 aromatic carbocycles. The summed E-state index contributed by atoms with van der Waals surface area (Å²) in [6.07, 6.45) is 5.48. The lowest BCUT2D eigenvalue weighted by Crippen LogP contribution is -2.45. The monoisotopic (exact) mass is 274 g/mol. The Hall–Kier alpha value is -1.02. The lowest BCUT2D eigenvalue weighted by atomic mass is 9.70. The number of para-hydroxylation sites is 1. The minimum absolute atomic E-state index is 0.451. The van der Waals surface area contributed by atoms with E-state index in [9.17, 15) is 0 Å². The van der Waals surface area contributed by atoms with Crippen molar-refractivity contribution in [3.63, 3.8) is 0 Å². The number of benzene rings is 1. The highest BCUT2D eigenvalue weighted by molar-refractivity contribution is 5.45. The molecule has 1 fully saturated rings. The lowest BCUT2D eigenvalue weighted by molar-refractivity contribution is 0.158. The molecule has 0 heterocycles. The molecular weight excluding hydrogens is 244 g/mol. The standard InChI is InChI=1S/C18H30N2/c1-4-19-14-18(12-10-16(2)11-13-18)15-20(3)17-8-6-5-7-9-17/h5-9,16,19H,4,10-15H2,1-3H3. The molecule has 112 valence electrons. The molecule has 0 aromatic heterocycles. The summed E-state index contributed by atoms with van der Waals surface area (Å²) in [6, 6.07) is 10.8. The Labute approximate surface area is 124 Å². The Morgan fingerprint density at radius 3 is 2.45 bits per heavy atom. The van der Waals surface area contributed by atoms with Crippen LogP contribution < -0.4 is 10.2 Å². The van der Waals surface area contributed by atoms with E-state index in [4.69, 9.17) is 0 Å². The molecule has 1 N–H and O–H groups in total. The van der Waals surface area contributed by atoms with Gasteiger partial charge < -0.3 is 10.2 Å². The zero-order valence-corrected chi connectivity index (χ0v) is 13.4. The number of hydrogen-bond acceptors (Lipinski definition) is 2. The molecule has 0 unspecified atom stereocenters. The summed E-state index contributed by atoms with van der Waals surface area (Å²) in [4.78, 5) is 2.44. The summed E-state index contributed by atoms with van der Waals surface area (Å²) >= 11 is 0. The third kappa shape index (κ3) is 3.99. The van der Waals surface area contributed by atoms with Gasteiger partial charge in [-0.2, -0.15) is 0 Å². The molecule has 2 heteroatoms. The molecule has 2 nitrogen and oxygen atoms in total. The fourth-order valence-corrected chi connectivity index (χ4v) is 3.43. The fraction of sp³-hybridized carbons (Fsp3) is 0.667. The zero-order chi connectivity index (χ0) is 14.4. The Bertz CT molecular complexity index is 374. The predicted octanol–water partition coefficient (Wildman–Crippen LogP) is 3.93. The third-order valence-corrected chi connectivity index (χ3v) is 4.85. The first-order valence-corrected chi connectivity index (χ1v) is 8.12. The van der Waals surface area contributed by atoms with Crippen molar-refractivity contribution in [2.75, 3.05) is 31.6 Å². The second-order valence-electron chi connectivity index (χ2n) is 6.65. The van der Waals surface area contributed by atoms with Crippen LogP contribution in [0.15, 0.2) is 30.3 Å². The first kappa shape index (κ1) is 15.4. The second-order valence-corrected chi connectivity index (χ2v) is 6.65. The van der Waals surface area contributed by atoms with Crippen LogP contribution in [0.4, 0.5) is 5.69 Å². The summed E-state index contributed by atoms with van der Waals surface area (Å²) in [5, 5.41) is 3.60. The molecule has 0 spiro atoms. The Balaban J connectivity index is 2.03. The lowest BCUT2D eigenvalue weighted by Gasteiger charge is -2.42. The van der Waals surface area contributed by atoms with E-state index in [0.717, 1.165) is 25.6 Å². The van der Waals surface area contributed by atoms with Gasteiger partial charge in [0.2, 0.25) is 0 Å². The van der Waals surface area contributed by atoms with Crippen LogP contribution in [0.2, 0.25) is 0 Å². The van der Waals surface area contributed by atoms with E-state index in [1.807, 2.05) is 0 Å². The minimum Gasteiger partial charge on any atom is -0.374 e. The number of nitrogens with one attached hydrogen (secondary N) is 1. The van der Waals surface area contributed by atoms with Crippen molar-refractivity contribution in [3.8, 4) is 0 Å². The Morgan fingerprint density at radius 1 is 1.20 bits per heavy atom. The molecule has 1 aromatic rings. The Morgan fingerprint density at radius 2 is 1.85 bits per heavy atom. The van der Waals surface area contributed by atoms with E-state index >= 15 is 0 Å². The van der Waals surface area contributed by atoms with Crippen LogP contribution in [-0.2, 0) is 0 Å². The van der Waals surface area contributed by atoms with E-state index in [0.29, 0.717) is 5.41 Å². The quantitative estimate of drug-likeness (QED) is 0.845. The van der Waals surface area contributed by atoms with Gasteiger partial charge in [0.15, 0.2) is 0 Å². The van der Waals surface area contributed by atoms with Gasteiger partial charge in [0.25, 0.3) is 0 Å². The van der Waals surface area contributed by atoms with Crippen LogP contribution in [0, 0.1) is 11.3 Å². The molecule has 0 bridgehead atoms. The van der Waals surface area contributed by atoms with Crippen LogP contribution in [0.25, 0.3) is 0 Å². The van der Waals surface area contributed by atoms with Crippen molar-refractivity contribution < 1.29 is 0 Å². The van der Waals surface area contributed by atoms with Crippen molar-refractivity contribution in [1.29, 1.82) is 0 Å². The molecule has 1 aliphatic rings. The predicted molar refractivity (Wildman–Crippen MR) is 88.3 cm³/mol. The molecule has 0 radical (unpaired) electrons. The average molecular weight is 274 g/mol. The topological polar surface area (TPSA) is 15.3 Å². The normalized spacial score (nSPS) is 26.4. The summed E-state index contributed by atoms with van der Waals surface area (Å²) in [6.45, 7) is 8.01. The van der Waals surface area contributed by atoms with E-state index in [1.165, 1.54) is 31.4 Å². The van der Waals surface area contributed by atoms with E-state index < -0.39 is 0 Å². The molecule has 20 heavy (non-hydrogen) atoms. The summed E-state index contributed by atoms with van der Waals surface area (Å²) in [5.41, 5.74) is 1.79. The van der Waals surface area contributed by atoms with Crippen LogP contribution in [0.3, 0.4) is 0 Å². The smallest absolute Gasteiger partial charge is 0.0363 e. The van der Waals surface area contributed by atoms with Gasteiger partial charge in [-0.1, -0.05) is 44.9 Å². The van der Waals surface area contributed by atoms with E-state index in [-0.39, 0.29) is 0 Å². The molecule has 0 aliphatic heterocycles. The maximum absolute atomic E-state index is 3.60. The van der Waals surface area contributed by atoms with Crippen molar-refractivity contribution in [3.05, 3.63) is 30.3 Å². The first-order valence-electron chi connectivity index (χ1n) is 8.12. The number of hydrogen-bond donors (Lipinski definition) is 1. The zero-order valence-electron chi connectivity index (χ0n) is 13.4. The molecule has 1 aliphatic carbocycles. The molecular formula is C18H30N2. The van der Waals surface area contributed by atoms with Crippen LogP contribution >= 0.6 is 0 Å². The molecule has 0 saturated heterocycles. The average Bonchev–Trinajstić information content (AvgIpc) is 2.49. The van der Waals surface area contributed by atoms with Crippen LogP contribution in [0.5, 0.6) is 0 Å². The van der Waals surface area contributed by atoms with Gasteiger partial charge in [0.1, 0.15) is 0 Å². The van der Waals surface area contributed by atoms with Crippen LogP contribution in [-0.4, -0.2) is 26.7 Å². The maximum Gasteiger partial charge on any atom is 0.0363 e. The summed E-state index contributed by atoms with van der Waals surface area (Å²) < 4.78 is 0. The minimum atomic E-state index is 0.451. The largest absolute Gasteiger partial charge is 0.374 e. The van der Waals surface area contributed by atoms with Gasteiger partial charge in [-0.15, -0.1) is 0 Å². The van der Waals surface area contributed by atoms with Crippen molar-refractivity contribution >= 4 is 5.69 Å². The van der Waals surface area contributed by atoms with Gasteiger partial charge in [-0.25, -0.2) is 0 Å². The highest BCUT2D eigenvalue weighted by Crippen LogP contribution is 2.39. The summed E-state index contributed by atoms with van der Waals surface area (Å²) in [7, 11) is 2.24. The number of anilines is 1. The van der Waals surface area contributed by atoms with Gasteiger partial charge in [0.05, 0.1) is 0 Å². The van der Waals surface area contributed by atoms with Crippen molar-refractivity contribution in [1.82, 2.24) is 5.32 Å². The first-order chi connectivity index (χ1) is 9.65. The molecule has 1 saturated carbocycles. The van der Waals surface area contributed by atoms with Crippen molar-refractivity contribution in [2.24, 2.45) is 11.3 Å². The molecule has 0 atom stereocenters. The fourth-order valence-electron chi connectivity index (χ4n) is 3.43. The highest BCUT2D eigenvalue weighted by Gasteiger charge is 2.34. The Kier molecular flexibility index (Phi) is 5.47. The second kappa shape index (κ2) is 7.12. The third-order valence-electron chi connectivity index (χ3n) is 4.85. The van der Waals surface area contributed by atoms with E-state index in [2.05, 4.69) is 61.4 Å². The highest BCUT2D eigenvalue weighted by atomic mass is 15.1. The summed E-state index contributed by atoms with van der Waals surface area (Å²) in [5.74, 6) is 0.909. The van der Waals surface area contributed by atoms with Gasteiger partial charge >= 0.3 is 0 Å². The number of nitrogens with zero attached hydrogens (tertiary/aromatic N) is 1. The van der Waals surface area contributed by atoms with E-state index in [1.54, 1.807) is 0 Å². The SMILES string of the molecule is CCNCC1(CN(C)c2ccccc2)CCC(C)CC1.